The Bertz CT molecular complexity index is 1020. The van der Waals surface area contributed by atoms with Gasteiger partial charge in [-0.25, -0.2) is 8.42 Å². The van der Waals surface area contributed by atoms with Gasteiger partial charge in [0.1, 0.15) is 5.75 Å². The predicted molar refractivity (Wildman–Crippen MR) is 116 cm³/mol. The molecule has 1 atom stereocenters. The number of carbonyl (C=O) groups is 1. The van der Waals surface area contributed by atoms with E-state index in [0.717, 1.165) is 31.5 Å². The molecule has 0 bridgehead atoms. The van der Waals surface area contributed by atoms with Crippen LogP contribution in [0.15, 0.2) is 48.5 Å². The first-order valence-corrected chi connectivity index (χ1v) is 12.1. The molecule has 1 saturated heterocycles. The Morgan fingerprint density at radius 3 is 2.47 bits per heavy atom. The van der Waals surface area contributed by atoms with Gasteiger partial charge in [0.2, 0.25) is 10.0 Å². The van der Waals surface area contributed by atoms with E-state index < -0.39 is 16.1 Å². The van der Waals surface area contributed by atoms with Gasteiger partial charge in [-0.2, -0.15) is 0 Å². The van der Waals surface area contributed by atoms with Crippen molar-refractivity contribution in [3.8, 4) is 5.75 Å². The number of nitrogens with one attached hydrogen (secondary N) is 1. The molecule has 2 aromatic carbocycles. The molecule has 1 N–H and O–H groups in total. The molecule has 0 spiro atoms. The van der Waals surface area contributed by atoms with Crippen molar-refractivity contribution < 1.29 is 17.9 Å². The summed E-state index contributed by atoms with van der Waals surface area (Å²) in [7, 11) is -3.53. The van der Waals surface area contributed by atoms with Crippen LogP contribution in [0.5, 0.6) is 5.75 Å². The van der Waals surface area contributed by atoms with Crippen molar-refractivity contribution in [2.24, 2.45) is 0 Å². The second-order valence-corrected chi connectivity index (χ2v) is 9.74. The maximum absolute atomic E-state index is 12.8. The van der Waals surface area contributed by atoms with Gasteiger partial charge in [0.15, 0.2) is 6.10 Å². The van der Waals surface area contributed by atoms with E-state index >= 15 is 0 Å². The second-order valence-electron chi connectivity index (χ2n) is 7.84. The normalized spacial score (nSPS) is 19.2. The summed E-state index contributed by atoms with van der Waals surface area (Å²) < 4.78 is 31.5. The molecule has 2 aliphatic rings. The van der Waals surface area contributed by atoms with Gasteiger partial charge in [0.05, 0.1) is 18.5 Å². The molecular formula is C22H27N3O4S. The SMILES string of the molecule is CS(=O)(=O)N1C[C@H](C(=O)NCc2ccccc2CN2CCCC2)Oc2ccccc21. The highest BCUT2D eigenvalue weighted by Gasteiger charge is 2.34. The van der Waals surface area contributed by atoms with Crippen LogP contribution in [0, 0.1) is 0 Å². The Hall–Kier alpha value is -2.58. The van der Waals surface area contributed by atoms with Gasteiger partial charge < -0.3 is 10.1 Å². The average Bonchev–Trinajstić information content (AvgIpc) is 3.24. The summed E-state index contributed by atoms with van der Waals surface area (Å²) >= 11 is 0. The van der Waals surface area contributed by atoms with E-state index in [1.54, 1.807) is 24.3 Å². The van der Waals surface area contributed by atoms with Gasteiger partial charge in [-0.1, -0.05) is 36.4 Å². The Kier molecular flexibility index (Phi) is 5.97. The maximum atomic E-state index is 12.8. The van der Waals surface area contributed by atoms with E-state index in [9.17, 15) is 13.2 Å². The zero-order chi connectivity index (χ0) is 21.1. The fraction of sp³-hybridized carbons (Fsp3) is 0.409. The fourth-order valence-corrected chi connectivity index (χ4v) is 4.93. The number of hydrogen-bond acceptors (Lipinski definition) is 5. The largest absolute Gasteiger partial charge is 0.476 e. The number of anilines is 1. The van der Waals surface area contributed by atoms with Gasteiger partial charge in [-0.3, -0.25) is 14.0 Å². The molecule has 0 aliphatic carbocycles. The van der Waals surface area contributed by atoms with Crippen molar-refractivity contribution in [3.63, 3.8) is 0 Å². The van der Waals surface area contributed by atoms with E-state index in [4.69, 9.17) is 4.74 Å². The van der Waals surface area contributed by atoms with Crippen LogP contribution in [0.1, 0.15) is 24.0 Å². The van der Waals surface area contributed by atoms with Crippen LogP contribution in [0.2, 0.25) is 0 Å². The molecule has 8 heteroatoms. The minimum Gasteiger partial charge on any atom is -0.476 e. The lowest BCUT2D eigenvalue weighted by Crippen LogP contribution is -2.50. The first-order valence-electron chi connectivity index (χ1n) is 10.2. The van der Waals surface area contributed by atoms with E-state index in [1.165, 1.54) is 22.7 Å². The summed E-state index contributed by atoms with van der Waals surface area (Å²) in [6, 6.07) is 15.0. The summed E-state index contributed by atoms with van der Waals surface area (Å²) in [6.45, 7) is 3.43. The number of fused-ring (bicyclic) bond motifs is 1. The molecule has 160 valence electrons. The molecule has 2 heterocycles. The molecular weight excluding hydrogens is 402 g/mol. The van der Waals surface area contributed by atoms with Gasteiger partial charge in [-0.15, -0.1) is 0 Å². The summed E-state index contributed by atoms with van der Waals surface area (Å²) in [5.41, 5.74) is 2.72. The Morgan fingerprint density at radius 1 is 1.07 bits per heavy atom. The number of ether oxygens (including phenoxy) is 1. The van der Waals surface area contributed by atoms with E-state index in [0.29, 0.717) is 18.0 Å². The maximum Gasteiger partial charge on any atom is 0.263 e. The van der Waals surface area contributed by atoms with Crippen LogP contribution in [-0.2, 0) is 27.9 Å². The molecule has 1 fully saturated rings. The summed E-state index contributed by atoms with van der Waals surface area (Å²) in [4.78, 5) is 15.3. The summed E-state index contributed by atoms with van der Waals surface area (Å²) in [6.07, 6.45) is 2.70. The van der Waals surface area contributed by atoms with Crippen molar-refractivity contribution in [2.75, 3.05) is 30.2 Å². The van der Waals surface area contributed by atoms with Gasteiger partial charge in [0.25, 0.3) is 5.91 Å². The Morgan fingerprint density at radius 2 is 1.73 bits per heavy atom. The minimum absolute atomic E-state index is 0.0445. The number of likely N-dealkylation sites (tertiary alicyclic amines) is 1. The first-order chi connectivity index (χ1) is 14.4. The van der Waals surface area contributed by atoms with Gasteiger partial charge >= 0.3 is 0 Å². The van der Waals surface area contributed by atoms with Crippen LogP contribution < -0.4 is 14.4 Å². The molecule has 0 unspecified atom stereocenters. The molecule has 30 heavy (non-hydrogen) atoms. The molecule has 0 saturated carbocycles. The van der Waals surface area contributed by atoms with Crippen LogP contribution in [0.4, 0.5) is 5.69 Å². The highest BCUT2D eigenvalue weighted by atomic mass is 32.2. The topological polar surface area (TPSA) is 79.0 Å². The molecule has 2 aromatic rings. The van der Waals surface area contributed by atoms with E-state index in [2.05, 4.69) is 16.3 Å². The fourth-order valence-electron chi connectivity index (χ4n) is 4.01. The number of nitrogens with zero attached hydrogens (tertiary/aromatic N) is 2. The number of sulfonamides is 1. The lowest BCUT2D eigenvalue weighted by molar-refractivity contribution is -0.127. The third-order valence-electron chi connectivity index (χ3n) is 5.59. The second kappa shape index (κ2) is 8.65. The Balaban J connectivity index is 1.45. The molecule has 2 aliphatic heterocycles. The molecule has 7 nitrogen and oxygen atoms in total. The summed E-state index contributed by atoms with van der Waals surface area (Å²) in [5.74, 6) is 0.0675. The van der Waals surface area contributed by atoms with Crippen LogP contribution in [-0.4, -0.2) is 51.2 Å². The number of para-hydroxylation sites is 2. The lowest BCUT2D eigenvalue weighted by atomic mass is 10.1. The molecule has 0 radical (unpaired) electrons. The van der Waals surface area contributed by atoms with Crippen LogP contribution in [0.25, 0.3) is 0 Å². The third-order valence-corrected chi connectivity index (χ3v) is 6.74. The lowest BCUT2D eigenvalue weighted by Gasteiger charge is -2.33. The first kappa shape index (κ1) is 20.7. The van der Waals surface area contributed by atoms with Gasteiger partial charge in [0, 0.05) is 13.1 Å². The monoisotopic (exact) mass is 429 g/mol. The molecule has 4 rings (SSSR count). The Labute approximate surface area is 177 Å². The van der Waals surface area contributed by atoms with Crippen molar-refractivity contribution in [2.45, 2.75) is 32.0 Å². The molecule has 0 aromatic heterocycles. The number of amides is 1. The van der Waals surface area contributed by atoms with Crippen molar-refractivity contribution >= 4 is 21.6 Å². The standard InChI is InChI=1S/C22H27N3O4S/c1-30(27,28)25-16-21(29-20-11-5-4-10-19(20)25)22(26)23-14-17-8-2-3-9-18(17)15-24-12-6-7-13-24/h2-5,8-11,21H,6-7,12-16H2,1H3,(H,23,26)/t21-/m1/s1. The number of hydrogen-bond donors (Lipinski definition) is 1. The molecule has 1 amide bonds. The van der Waals surface area contributed by atoms with Crippen LogP contribution >= 0.6 is 0 Å². The highest BCUT2D eigenvalue weighted by Crippen LogP contribution is 2.34. The average molecular weight is 430 g/mol. The minimum atomic E-state index is -3.53. The predicted octanol–water partition coefficient (Wildman–Crippen LogP) is 2.13. The third kappa shape index (κ3) is 4.60. The quantitative estimate of drug-likeness (QED) is 0.761. The number of carbonyl (C=O) groups excluding carboxylic acids is 1. The van der Waals surface area contributed by atoms with Crippen molar-refractivity contribution in [1.82, 2.24) is 10.2 Å². The zero-order valence-corrected chi connectivity index (χ0v) is 17.9. The van der Waals surface area contributed by atoms with E-state index in [-0.39, 0.29) is 12.5 Å². The van der Waals surface area contributed by atoms with Gasteiger partial charge in [-0.05, 0) is 49.2 Å². The van der Waals surface area contributed by atoms with Crippen molar-refractivity contribution in [1.29, 1.82) is 0 Å². The van der Waals surface area contributed by atoms with Crippen LogP contribution in [0.3, 0.4) is 0 Å². The highest BCUT2D eigenvalue weighted by molar-refractivity contribution is 7.92. The number of benzene rings is 2. The summed E-state index contributed by atoms with van der Waals surface area (Å²) in [5, 5.41) is 2.93. The zero-order valence-electron chi connectivity index (χ0n) is 17.1. The smallest absolute Gasteiger partial charge is 0.263 e. The van der Waals surface area contributed by atoms with Crippen molar-refractivity contribution in [3.05, 3.63) is 59.7 Å². The number of rotatable bonds is 6. The van der Waals surface area contributed by atoms with E-state index in [1.807, 2.05) is 18.2 Å².